The summed E-state index contributed by atoms with van der Waals surface area (Å²) in [6.07, 6.45) is 0.545. The van der Waals surface area contributed by atoms with Gasteiger partial charge in [0.2, 0.25) is 0 Å². The van der Waals surface area contributed by atoms with Gasteiger partial charge in [0.25, 0.3) is 0 Å². The summed E-state index contributed by atoms with van der Waals surface area (Å²) in [6, 6.07) is 6.71. The molecule has 0 aliphatic rings. The third-order valence-electron chi connectivity index (χ3n) is 1.84. The van der Waals surface area contributed by atoms with Crippen molar-refractivity contribution in [2.45, 2.75) is 19.9 Å². The van der Waals surface area contributed by atoms with E-state index in [1.165, 1.54) is 0 Å². The van der Waals surface area contributed by atoms with Crippen LogP contribution in [0.3, 0.4) is 0 Å². The molecule has 0 saturated carbocycles. The van der Waals surface area contributed by atoms with E-state index in [9.17, 15) is 8.42 Å². The third-order valence-corrected chi connectivity index (χ3v) is 3.19. The van der Waals surface area contributed by atoms with Crippen molar-refractivity contribution in [3.05, 3.63) is 29.8 Å². The quantitative estimate of drug-likeness (QED) is 0.772. The molecule has 1 rings (SSSR count). The number of benzene rings is 1. The Balaban J connectivity index is 2.73. The van der Waals surface area contributed by atoms with Crippen molar-refractivity contribution in [3.63, 3.8) is 0 Å². The highest BCUT2D eigenvalue weighted by Gasteiger charge is 2.10. The highest BCUT2D eigenvalue weighted by molar-refractivity contribution is 7.87. The molecule has 15 heavy (non-hydrogen) atoms. The molecule has 0 bridgehead atoms. The van der Waals surface area contributed by atoms with Crippen molar-refractivity contribution < 1.29 is 12.6 Å². The molecule has 0 heterocycles. The molecule has 5 heteroatoms. The number of hydrogen-bond acceptors (Lipinski definition) is 4. The molecule has 1 aromatic rings. The molecule has 0 atom stereocenters. The molecule has 0 aliphatic heterocycles. The minimum absolute atomic E-state index is 0.0334. The topological polar surface area (TPSA) is 69.4 Å². The zero-order chi connectivity index (χ0) is 11.3. The Bertz CT molecular complexity index is 397. The summed E-state index contributed by atoms with van der Waals surface area (Å²) >= 11 is 0. The van der Waals surface area contributed by atoms with Gasteiger partial charge >= 0.3 is 10.1 Å². The van der Waals surface area contributed by atoms with Crippen LogP contribution in [-0.2, 0) is 16.7 Å². The lowest BCUT2D eigenvalue weighted by Crippen LogP contribution is -2.13. The first kappa shape index (κ1) is 12.0. The van der Waals surface area contributed by atoms with Crippen molar-refractivity contribution in [1.29, 1.82) is 0 Å². The highest BCUT2D eigenvalue weighted by atomic mass is 32.2. The summed E-state index contributed by atoms with van der Waals surface area (Å²) in [5.41, 5.74) is 6.36. The Hall–Kier alpha value is -1.07. The molecule has 1 aromatic carbocycles. The molecule has 0 radical (unpaired) electrons. The van der Waals surface area contributed by atoms with Gasteiger partial charge in [0, 0.05) is 6.54 Å². The molecule has 0 amide bonds. The van der Waals surface area contributed by atoms with Crippen molar-refractivity contribution in [2.24, 2.45) is 5.73 Å². The molecule has 2 N–H and O–H groups in total. The van der Waals surface area contributed by atoms with Gasteiger partial charge in [-0.3, -0.25) is 0 Å². The van der Waals surface area contributed by atoms with Crippen LogP contribution in [0.1, 0.15) is 18.9 Å². The Morgan fingerprint density at radius 1 is 1.27 bits per heavy atom. The van der Waals surface area contributed by atoms with E-state index in [4.69, 9.17) is 9.92 Å². The van der Waals surface area contributed by atoms with Crippen molar-refractivity contribution in [1.82, 2.24) is 0 Å². The minimum atomic E-state index is -3.44. The largest absolute Gasteiger partial charge is 0.382 e. The third kappa shape index (κ3) is 3.89. The van der Waals surface area contributed by atoms with Crippen LogP contribution in [0.5, 0.6) is 5.75 Å². The van der Waals surface area contributed by atoms with Gasteiger partial charge in [0.15, 0.2) is 0 Å². The van der Waals surface area contributed by atoms with E-state index in [1.807, 2.05) is 0 Å². The van der Waals surface area contributed by atoms with E-state index in [1.54, 1.807) is 31.2 Å². The standard InChI is InChI=1S/C10H15NO3S/c1-2-7-15(12,13)14-10-5-3-9(8-11)4-6-10/h3-6H,2,7-8,11H2,1H3. The predicted octanol–water partition coefficient (Wildman–Crippen LogP) is 1.26. The molecular formula is C10H15NO3S. The van der Waals surface area contributed by atoms with Crippen LogP contribution in [-0.4, -0.2) is 14.2 Å². The second-order valence-electron chi connectivity index (χ2n) is 3.19. The predicted molar refractivity (Wildman–Crippen MR) is 59.0 cm³/mol. The molecule has 4 nitrogen and oxygen atoms in total. The molecule has 84 valence electrons. The Morgan fingerprint density at radius 3 is 2.33 bits per heavy atom. The van der Waals surface area contributed by atoms with Crippen LogP contribution in [0.25, 0.3) is 0 Å². The number of nitrogens with two attached hydrogens (primary N) is 1. The van der Waals surface area contributed by atoms with Crippen LogP contribution < -0.4 is 9.92 Å². The molecule has 0 unspecified atom stereocenters. The minimum Gasteiger partial charge on any atom is -0.382 e. The lowest BCUT2D eigenvalue weighted by molar-refractivity contribution is 0.485. The molecular weight excluding hydrogens is 214 g/mol. The van der Waals surface area contributed by atoms with Crippen LogP contribution in [0.2, 0.25) is 0 Å². The molecule has 0 spiro atoms. The average molecular weight is 229 g/mol. The van der Waals surface area contributed by atoms with Crippen LogP contribution in [0, 0.1) is 0 Å². The zero-order valence-electron chi connectivity index (χ0n) is 8.64. The second kappa shape index (κ2) is 5.14. The number of hydrogen-bond donors (Lipinski definition) is 1. The average Bonchev–Trinajstić information content (AvgIpc) is 2.18. The van der Waals surface area contributed by atoms with Gasteiger partial charge < -0.3 is 9.92 Å². The second-order valence-corrected chi connectivity index (χ2v) is 4.88. The summed E-state index contributed by atoms with van der Waals surface area (Å²) in [4.78, 5) is 0. The van der Waals surface area contributed by atoms with Gasteiger partial charge in [-0.25, -0.2) is 0 Å². The summed E-state index contributed by atoms with van der Waals surface area (Å²) in [7, 11) is -3.44. The van der Waals surface area contributed by atoms with E-state index in [0.717, 1.165) is 5.56 Å². The molecule has 0 aliphatic carbocycles. The first-order chi connectivity index (χ1) is 7.07. The fourth-order valence-electron chi connectivity index (χ4n) is 1.12. The molecule has 0 aromatic heterocycles. The summed E-state index contributed by atoms with van der Waals surface area (Å²) < 4.78 is 27.5. The lowest BCUT2D eigenvalue weighted by Gasteiger charge is -2.06. The highest BCUT2D eigenvalue weighted by Crippen LogP contribution is 2.14. The van der Waals surface area contributed by atoms with Crippen molar-refractivity contribution in [2.75, 3.05) is 5.75 Å². The van der Waals surface area contributed by atoms with Gasteiger partial charge in [-0.15, -0.1) is 0 Å². The Kier molecular flexibility index (Phi) is 4.11. The van der Waals surface area contributed by atoms with Crippen LogP contribution >= 0.6 is 0 Å². The number of rotatable bonds is 5. The van der Waals surface area contributed by atoms with Crippen molar-refractivity contribution >= 4 is 10.1 Å². The maximum atomic E-state index is 11.3. The van der Waals surface area contributed by atoms with E-state index in [-0.39, 0.29) is 5.75 Å². The SMILES string of the molecule is CCCS(=O)(=O)Oc1ccc(CN)cc1. The van der Waals surface area contributed by atoms with Gasteiger partial charge in [0.1, 0.15) is 5.75 Å². The van der Waals surface area contributed by atoms with Gasteiger partial charge in [-0.1, -0.05) is 19.1 Å². The summed E-state index contributed by atoms with van der Waals surface area (Å²) in [5, 5.41) is 0. The maximum Gasteiger partial charge on any atom is 0.309 e. The Morgan fingerprint density at radius 2 is 1.87 bits per heavy atom. The van der Waals surface area contributed by atoms with E-state index < -0.39 is 10.1 Å². The lowest BCUT2D eigenvalue weighted by atomic mass is 10.2. The molecule has 0 saturated heterocycles. The fourth-order valence-corrected chi connectivity index (χ4v) is 2.11. The van der Waals surface area contributed by atoms with Crippen LogP contribution in [0.4, 0.5) is 0 Å². The first-order valence-electron chi connectivity index (χ1n) is 4.78. The van der Waals surface area contributed by atoms with Gasteiger partial charge in [-0.2, -0.15) is 8.42 Å². The first-order valence-corrected chi connectivity index (χ1v) is 6.36. The summed E-state index contributed by atoms with van der Waals surface area (Å²) in [5.74, 6) is 0.367. The summed E-state index contributed by atoms with van der Waals surface area (Å²) in [6.45, 7) is 2.22. The van der Waals surface area contributed by atoms with Crippen LogP contribution in [0.15, 0.2) is 24.3 Å². The van der Waals surface area contributed by atoms with E-state index in [0.29, 0.717) is 18.7 Å². The maximum absolute atomic E-state index is 11.3. The zero-order valence-corrected chi connectivity index (χ0v) is 9.46. The van der Waals surface area contributed by atoms with Crippen molar-refractivity contribution in [3.8, 4) is 5.75 Å². The fraction of sp³-hybridized carbons (Fsp3) is 0.400. The van der Waals surface area contributed by atoms with E-state index in [2.05, 4.69) is 0 Å². The Labute approximate surface area is 90.2 Å². The normalized spacial score (nSPS) is 11.3. The smallest absolute Gasteiger partial charge is 0.309 e. The van der Waals surface area contributed by atoms with E-state index >= 15 is 0 Å². The monoisotopic (exact) mass is 229 g/mol. The molecule has 0 fully saturated rings. The van der Waals surface area contributed by atoms with Gasteiger partial charge in [-0.05, 0) is 24.1 Å². The van der Waals surface area contributed by atoms with Gasteiger partial charge in [0.05, 0.1) is 5.75 Å².